The van der Waals surface area contributed by atoms with E-state index in [-0.39, 0.29) is 23.8 Å². The molecule has 0 amide bonds. The van der Waals surface area contributed by atoms with Crippen LogP contribution >= 0.6 is 0 Å². The number of carbonyl (C=O) groups is 1. The van der Waals surface area contributed by atoms with Crippen LogP contribution in [0.1, 0.15) is 91.6 Å². The molecule has 0 saturated carbocycles. The average molecular weight is 433 g/mol. The Hall–Kier alpha value is -2.61. The predicted octanol–water partition coefficient (Wildman–Crippen LogP) is 5.92. The first-order valence-corrected chi connectivity index (χ1v) is 11.7. The molecular weight excluding hydrogens is 400 g/mol. The van der Waals surface area contributed by atoms with Crippen LogP contribution in [0.5, 0.6) is 0 Å². The van der Waals surface area contributed by atoms with E-state index in [1.807, 2.05) is 12.1 Å². The van der Waals surface area contributed by atoms with E-state index >= 15 is 0 Å². The maximum absolute atomic E-state index is 11.8. The number of carbonyl (C=O) groups excluding carboxylic acids is 1. The van der Waals surface area contributed by atoms with Crippen molar-refractivity contribution in [3.8, 4) is 11.8 Å². The molecule has 4 heteroatoms. The van der Waals surface area contributed by atoms with Gasteiger partial charge in [0, 0.05) is 17.7 Å². The monoisotopic (exact) mass is 432 g/mol. The normalized spacial score (nSPS) is 21.7. The van der Waals surface area contributed by atoms with Gasteiger partial charge in [-0.15, -0.1) is 0 Å². The molecule has 2 atom stereocenters. The molecule has 0 unspecified atom stereocenters. The summed E-state index contributed by atoms with van der Waals surface area (Å²) in [5.74, 6) is 6.19. The SMILES string of the molecule is CCOC(=O)c1ccc(C#Cc2ccc3c(c2)[C@@H](O[C@@H]2CCCCO2)CCC3(C)C)cc1. The van der Waals surface area contributed by atoms with Crippen LogP contribution < -0.4 is 0 Å². The van der Waals surface area contributed by atoms with E-state index in [0.29, 0.717) is 12.2 Å². The molecule has 1 aliphatic heterocycles. The second-order valence-corrected chi connectivity index (χ2v) is 9.19. The average Bonchev–Trinajstić information content (AvgIpc) is 2.81. The summed E-state index contributed by atoms with van der Waals surface area (Å²) >= 11 is 0. The third-order valence-corrected chi connectivity index (χ3v) is 6.36. The zero-order valence-corrected chi connectivity index (χ0v) is 19.3. The lowest BCUT2D eigenvalue weighted by Gasteiger charge is -2.38. The van der Waals surface area contributed by atoms with Crippen molar-refractivity contribution >= 4 is 5.97 Å². The Morgan fingerprint density at radius 3 is 2.53 bits per heavy atom. The van der Waals surface area contributed by atoms with Gasteiger partial charge in [0.05, 0.1) is 18.3 Å². The third-order valence-electron chi connectivity index (χ3n) is 6.36. The second-order valence-electron chi connectivity index (χ2n) is 9.19. The van der Waals surface area contributed by atoms with Gasteiger partial charge >= 0.3 is 5.97 Å². The quantitative estimate of drug-likeness (QED) is 0.444. The molecule has 0 radical (unpaired) electrons. The standard InChI is InChI=1S/C28H32O4/c1-4-30-27(29)22-13-10-20(11-14-22)8-9-21-12-15-24-23(19-21)25(16-17-28(24,2)3)32-26-7-5-6-18-31-26/h10-15,19,25-26H,4-7,16-18H2,1-3H3/t25-,26+/m0/s1. The summed E-state index contributed by atoms with van der Waals surface area (Å²) in [5.41, 5.74) is 5.07. The zero-order valence-electron chi connectivity index (χ0n) is 19.3. The number of hydrogen-bond acceptors (Lipinski definition) is 4. The molecule has 1 fully saturated rings. The molecule has 0 bridgehead atoms. The van der Waals surface area contributed by atoms with Crippen molar-refractivity contribution in [1.29, 1.82) is 0 Å². The molecule has 2 aromatic carbocycles. The predicted molar refractivity (Wildman–Crippen MR) is 124 cm³/mol. The van der Waals surface area contributed by atoms with Crippen molar-refractivity contribution in [2.45, 2.75) is 70.7 Å². The van der Waals surface area contributed by atoms with E-state index < -0.39 is 0 Å². The molecule has 1 heterocycles. The van der Waals surface area contributed by atoms with Gasteiger partial charge in [0.25, 0.3) is 0 Å². The third kappa shape index (κ3) is 5.23. The Bertz CT molecular complexity index is 1000. The Kier molecular flexibility index (Phi) is 6.98. The van der Waals surface area contributed by atoms with E-state index in [2.05, 4.69) is 43.9 Å². The number of fused-ring (bicyclic) bond motifs is 1. The highest BCUT2D eigenvalue weighted by Gasteiger charge is 2.34. The Morgan fingerprint density at radius 1 is 1.06 bits per heavy atom. The summed E-state index contributed by atoms with van der Waals surface area (Å²) in [4.78, 5) is 11.8. The summed E-state index contributed by atoms with van der Waals surface area (Å²) in [6.07, 6.45) is 5.28. The van der Waals surface area contributed by atoms with Gasteiger partial charge in [0.1, 0.15) is 0 Å². The molecule has 0 aromatic heterocycles. The molecule has 32 heavy (non-hydrogen) atoms. The zero-order chi connectivity index (χ0) is 22.6. The molecule has 1 aliphatic carbocycles. The molecule has 2 aromatic rings. The molecule has 2 aliphatic rings. The van der Waals surface area contributed by atoms with Crippen molar-refractivity contribution in [1.82, 2.24) is 0 Å². The second kappa shape index (κ2) is 9.90. The van der Waals surface area contributed by atoms with Gasteiger partial charge in [-0.3, -0.25) is 0 Å². The van der Waals surface area contributed by atoms with Crippen molar-refractivity contribution in [3.63, 3.8) is 0 Å². The number of ether oxygens (including phenoxy) is 3. The Balaban J connectivity index is 1.55. The highest BCUT2D eigenvalue weighted by molar-refractivity contribution is 5.89. The minimum absolute atomic E-state index is 0.0479. The molecule has 0 N–H and O–H groups in total. The van der Waals surface area contributed by atoms with Crippen LogP contribution in [0.15, 0.2) is 42.5 Å². The number of hydrogen-bond donors (Lipinski definition) is 0. The summed E-state index contributed by atoms with van der Waals surface area (Å²) in [6.45, 7) is 7.56. The van der Waals surface area contributed by atoms with Gasteiger partial charge in [-0.25, -0.2) is 4.79 Å². The van der Waals surface area contributed by atoms with Gasteiger partial charge in [-0.2, -0.15) is 0 Å². The van der Waals surface area contributed by atoms with Crippen molar-refractivity contribution in [2.24, 2.45) is 0 Å². The summed E-state index contributed by atoms with van der Waals surface area (Å²) in [5, 5.41) is 0. The van der Waals surface area contributed by atoms with E-state index in [4.69, 9.17) is 14.2 Å². The lowest BCUT2D eigenvalue weighted by molar-refractivity contribution is -0.193. The van der Waals surface area contributed by atoms with E-state index in [9.17, 15) is 4.79 Å². The summed E-state index contributed by atoms with van der Waals surface area (Å²) in [7, 11) is 0. The molecular formula is C28H32O4. The minimum Gasteiger partial charge on any atom is -0.462 e. The van der Waals surface area contributed by atoms with Gasteiger partial charge in [0.15, 0.2) is 6.29 Å². The number of esters is 1. The first-order valence-electron chi connectivity index (χ1n) is 11.7. The molecule has 1 saturated heterocycles. The summed E-state index contributed by atoms with van der Waals surface area (Å²) < 4.78 is 17.3. The fourth-order valence-corrected chi connectivity index (χ4v) is 4.50. The van der Waals surface area contributed by atoms with Crippen LogP contribution in [0.4, 0.5) is 0 Å². The van der Waals surface area contributed by atoms with Crippen molar-refractivity contribution < 1.29 is 19.0 Å². The fraction of sp³-hybridized carbons (Fsp3) is 0.464. The number of rotatable bonds is 4. The van der Waals surface area contributed by atoms with Gasteiger partial charge in [-0.1, -0.05) is 31.8 Å². The van der Waals surface area contributed by atoms with Crippen LogP contribution in [-0.4, -0.2) is 25.5 Å². The first-order chi connectivity index (χ1) is 15.5. The molecule has 168 valence electrons. The van der Waals surface area contributed by atoms with Gasteiger partial charge in [0.2, 0.25) is 0 Å². The Labute approximate surface area is 191 Å². The highest BCUT2D eigenvalue weighted by atomic mass is 16.7. The van der Waals surface area contributed by atoms with Crippen molar-refractivity contribution in [3.05, 3.63) is 70.3 Å². The van der Waals surface area contributed by atoms with Crippen LogP contribution in [0, 0.1) is 11.8 Å². The fourth-order valence-electron chi connectivity index (χ4n) is 4.50. The van der Waals surface area contributed by atoms with Crippen LogP contribution in [0.2, 0.25) is 0 Å². The van der Waals surface area contributed by atoms with E-state index in [1.54, 1.807) is 19.1 Å². The number of benzene rings is 2. The minimum atomic E-state index is -0.308. The highest BCUT2D eigenvalue weighted by Crippen LogP contribution is 2.44. The van der Waals surface area contributed by atoms with Gasteiger partial charge in [-0.05, 0) is 92.0 Å². The van der Waals surface area contributed by atoms with Crippen LogP contribution in [0.3, 0.4) is 0 Å². The van der Waals surface area contributed by atoms with Crippen LogP contribution in [-0.2, 0) is 19.6 Å². The molecule has 0 spiro atoms. The maximum Gasteiger partial charge on any atom is 0.338 e. The van der Waals surface area contributed by atoms with E-state index in [0.717, 1.165) is 49.8 Å². The molecule has 4 nitrogen and oxygen atoms in total. The topological polar surface area (TPSA) is 44.8 Å². The Morgan fingerprint density at radius 2 is 1.81 bits per heavy atom. The smallest absolute Gasteiger partial charge is 0.338 e. The summed E-state index contributed by atoms with van der Waals surface area (Å²) in [6, 6.07) is 13.7. The van der Waals surface area contributed by atoms with Gasteiger partial charge < -0.3 is 14.2 Å². The largest absolute Gasteiger partial charge is 0.462 e. The molecule has 4 rings (SSSR count). The maximum atomic E-state index is 11.8. The first kappa shape index (κ1) is 22.6. The lowest BCUT2D eigenvalue weighted by Crippen LogP contribution is -2.31. The lowest BCUT2D eigenvalue weighted by atomic mass is 9.71. The van der Waals surface area contributed by atoms with E-state index in [1.165, 1.54) is 11.1 Å². The van der Waals surface area contributed by atoms with Crippen LogP contribution in [0.25, 0.3) is 0 Å². The van der Waals surface area contributed by atoms with Crippen molar-refractivity contribution in [2.75, 3.05) is 13.2 Å².